The topological polar surface area (TPSA) is 77.3 Å². The van der Waals surface area contributed by atoms with Gasteiger partial charge in [0.15, 0.2) is 17.5 Å². The molecule has 0 spiro atoms. The molecule has 10 aromatic rings. The maximum Gasteiger partial charge on any atom is 0.417 e. The molecule has 3 heterocycles. The first-order chi connectivity index (χ1) is 28.4. The average Bonchev–Trinajstić information content (AvgIpc) is 3.28. The summed E-state index contributed by atoms with van der Waals surface area (Å²) in [6, 6.07) is 53.6. The number of pyridine rings is 1. The molecule has 0 amide bonds. The Morgan fingerprint density at radius 1 is 0.345 bits per heavy atom. The molecule has 6 nitrogen and oxygen atoms in total. The van der Waals surface area contributed by atoms with Gasteiger partial charge in [-0.1, -0.05) is 164 Å². The molecule has 0 fully saturated rings. The molecule has 9 heteroatoms. The Hall–Kier alpha value is -7.65. The van der Waals surface area contributed by atoms with Crippen LogP contribution in [0.15, 0.2) is 176 Å². The number of para-hydroxylation sites is 1. The molecule has 0 aliphatic rings. The number of alkyl halides is 3. The number of aromatic nitrogens is 6. The van der Waals surface area contributed by atoms with Crippen molar-refractivity contribution in [2.45, 2.75) is 6.18 Å². The summed E-state index contributed by atoms with van der Waals surface area (Å²) < 4.78 is 47.1. The lowest BCUT2D eigenvalue weighted by Gasteiger charge is -2.20. The molecular weight excluding hydrogens is 730 g/mol. The van der Waals surface area contributed by atoms with E-state index in [1.165, 1.54) is 0 Å². The van der Waals surface area contributed by atoms with Crippen molar-refractivity contribution in [2.24, 2.45) is 0 Å². The summed E-state index contributed by atoms with van der Waals surface area (Å²) in [5.41, 5.74) is 5.20. The molecule has 58 heavy (non-hydrogen) atoms. The molecule has 0 aliphatic carbocycles. The van der Waals surface area contributed by atoms with E-state index < -0.39 is 11.7 Å². The SMILES string of the molecule is FC(F)(F)c1cc2nc(-c3ccccc3)c(-c3ccccc3)nc2c2c1c(-c1ccccc1-c1nc(-c3ccccc3)nc(-c3ccccc3)n1)nc1ccccc12. The number of halogens is 3. The van der Waals surface area contributed by atoms with Crippen molar-refractivity contribution >= 4 is 32.7 Å². The summed E-state index contributed by atoms with van der Waals surface area (Å²) >= 11 is 0. The summed E-state index contributed by atoms with van der Waals surface area (Å²) in [7, 11) is 0. The molecule has 0 N–H and O–H groups in total. The highest BCUT2D eigenvalue weighted by Crippen LogP contribution is 2.46. The molecule has 0 atom stereocenters. The van der Waals surface area contributed by atoms with Crippen LogP contribution in [0.4, 0.5) is 13.2 Å². The van der Waals surface area contributed by atoms with E-state index in [0.29, 0.717) is 61.8 Å². The third-order valence-electron chi connectivity index (χ3n) is 10.1. The molecule has 276 valence electrons. The smallest absolute Gasteiger partial charge is 0.247 e. The van der Waals surface area contributed by atoms with Crippen LogP contribution in [0.2, 0.25) is 0 Å². The van der Waals surface area contributed by atoms with Gasteiger partial charge in [0.05, 0.1) is 39.2 Å². The van der Waals surface area contributed by atoms with E-state index in [2.05, 4.69) is 0 Å². The molecule has 0 saturated carbocycles. The molecule has 0 unspecified atom stereocenters. The summed E-state index contributed by atoms with van der Waals surface area (Å²) in [4.78, 5) is 30.0. The first-order valence-electron chi connectivity index (χ1n) is 18.6. The normalized spacial score (nSPS) is 11.7. The second kappa shape index (κ2) is 14.1. The number of rotatable bonds is 6. The van der Waals surface area contributed by atoms with Crippen molar-refractivity contribution in [3.63, 3.8) is 0 Å². The van der Waals surface area contributed by atoms with Crippen molar-refractivity contribution in [2.75, 3.05) is 0 Å². The monoisotopic (exact) mass is 758 g/mol. The second-order valence-corrected chi connectivity index (χ2v) is 13.8. The fraction of sp³-hybridized carbons (Fsp3) is 0.0204. The van der Waals surface area contributed by atoms with Gasteiger partial charge in [-0.15, -0.1) is 0 Å². The lowest BCUT2D eigenvalue weighted by Crippen LogP contribution is -2.09. The molecule has 0 aliphatic heterocycles. The standard InChI is InChI=1S/C49H29F3N6/c50-49(51,52)37-29-39-45(55-43(31-19-7-2-8-20-31)42(54-39)30-17-5-1-6-18-30)40-36-27-15-16-28-38(36)53-44(41(37)40)34-25-13-14-26-35(34)48-57-46(32-21-9-3-10-22-32)56-47(58-48)33-23-11-4-12-24-33/h1-29H. The van der Waals surface area contributed by atoms with Gasteiger partial charge in [-0.25, -0.2) is 29.9 Å². The summed E-state index contributed by atoms with van der Waals surface area (Å²) in [6.45, 7) is 0. The van der Waals surface area contributed by atoms with Crippen LogP contribution in [0, 0.1) is 0 Å². The molecule has 0 saturated heterocycles. The fourth-order valence-electron chi connectivity index (χ4n) is 7.49. The lowest BCUT2D eigenvalue weighted by molar-refractivity contribution is -0.136. The molecule has 7 aromatic carbocycles. The van der Waals surface area contributed by atoms with E-state index in [0.717, 1.165) is 28.3 Å². The number of hydrogen-bond acceptors (Lipinski definition) is 6. The minimum atomic E-state index is -4.79. The van der Waals surface area contributed by atoms with Gasteiger partial charge >= 0.3 is 6.18 Å². The predicted molar refractivity (Wildman–Crippen MR) is 223 cm³/mol. The minimum Gasteiger partial charge on any atom is -0.247 e. The first-order valence-corrected chi connectivity index (χ1v) is 18.6. The Labute approximate surface area is 330 Å². The Morgan fingerprint density at radius 2 is 0.793 bits per heavy atom. The lowest BCUT2D eigenvalue weighted by atomic mass is 9.92. The van der Waals surface area contributed by atoms with Crippen molar-refractivity contribution in [1.29, 1.82) is 0 Å². The molecule has 10 rings (SSSR count). The second-order valence-electron chi connectivity index (χ2n) is 13.8. The van der Waals surface area contributed by atoms with Gasteiger partial charge in [0.2, 0.25) is 0 Å². The van der Waals surface area contributed by atoms with Gasteiger partial charge < -0.3 is 0 Å². The van der Waals surface area contributed by atoms with Crippen molar-refractivity contribution in [3.05, 3.63) is 181 Å². The van der Waals surface area contributed by atoms with Gasteiger partial charge in [0.1, 0.15) is 0 Å². The van der Waals surface area contributed by atoms with Crippen LogP contribution in [0.5, 0.6) is 0 Å². The van der Waals surface area contributed by atoms with E-state index in [-0.39, 0.29) is 16.6 Å². The van der Waals surface area contributed by atoms with Crippen molar-refractivity contribution in [1.82, 2.24) is 29.9 Å². The van der Waals surface area contributed by atoms with Gasteiger partial charge in [-0.2, -0.15) is 13.2 Å². The van der Waals surface area contributed by atoms with Crippen LogP contribution in [0.25, 0.3) is 101 Å². The summed E-state index contributed by atoms with van der Waals surface area (Å²) in [5, 5.41) is 0.733. The highest BCUT2D eigenvalue weighted by atomic mass is 19.4. The first kappa shape index (κ1) is 34.8. The minimum absolute atomic E-state index is 0.0902. The van der Waals surface area contributed by atoms with Crippen molar-refractivity contribution < 1.29 is 13.2 Å². The largest absolute Gasteiger partial charge is 0.417 e. The van der Waals surface area contributed by atoms with Crippen LogP contribution in [0.1, 0.15) is 5.56 Å². The summed E-state index contributed by atoms with van der Waals surface area (Å²) in [5.74, 6) is 1.14. The Balaban J connectivity index is 1.32. The van der Waals surface area contributed by atoms with Crippen LogP contribution < -0.4 is 0 Å². The van der Waals surface area contributed by atoms with Gasteiger partial charge in [0.25, 0.3) is 0 Å². The third-order valence-corrected chi connectivity index (χ3v) is 10.1. The maximum atomic E-state index is 15.7. The zero-order chi connectivity index (χ0) is 39.2. The van der Waals surface area contributed by atoms with Crippen LogP contribution in [0.3, 0.4) is 0 Å². The van der Waals surface area contributed by atoms with Crippen LogP contribution in [-0.2, 0) is 6.18 Å². The Morgan fingerprint density at radius 3 is 1.36 bits per heavy atom. The van der Waals surface area contributed by atoms with E-state index in [1.54, 1.807) is 30.3 Å². The quantitative estimate of drug-likeness (QED) is 0.157. The van der Waals surface area contributed by atoms with E-state index in [1.807, 2.05) is 140 Å². The van der Waals surface area contributed by atoms with Gasteiger partial charge in [-0.05, 0) is 12.1 Å². The van der Waals surface area contributed by atoms with Gasteiger partial charge in [-0.3, -0.25) is 0 Å². The average molecular weight is 759 g/mol. The maximum absolute atomic E-state index is 15.7. The number of fused-ring (bicyclic) bond motifs is 5. The number of nitrogens with zero attached hydrogens (tertiary/aromatic N) is 6. The molecule has 0 radical (unpaired) electrons. The summed E-state index contributed by atoms with van der Waals surface area (Å²) in [6.07, 6.45) is -4.79. The Kier molecular flexibility index (Phi) is 8.48. The molecule has 3 aromatic heterocycles. The zero-order valence-corrected chi connectivity index (χ0v) is 30.6. The third kappa shape index (κ3) is 6.19. The predicted octanol–water partition coefficient (Wildman–Crippen LogP) is 12.5. The highest BCUT2D eigenvalue weighted by Gasteiger charge is 2.36. The molecular formula is C49H29F3N6. The Bertz CT molecular complexity index is 3080. The fourth-order valence-corrected chi connectivity index (χ4v) is 7.49. The van der Waals surface area contributed by atoms with E-state index in [9.17, 15) is 0 Å². The zero-order valence-electron chi connectivity index (χ0n) is 30.6. The van der Waals surface area contributed by atoms with E-state index >= 15 is 13.2 Å². The van der Waals surface area contributed by atoms with E-state index in [4.69, 9.17) is 29.9 Å². The number of benzene rings is 7. The molecule has 0 bridgehead atoms. The number of hydrogen-bond donors (Lipinski definition) is 0. The van der Waals surface area contributed by atoms with Crippen LogP contribution in [-0.4, -0.2) is 29.9 Å². The highest BCUT2D eigenvalue weighted by molar-refractivity contribution is 6.23. The van der Waals surface area contributed by atoms with Gasteiger partial charge in [0, 0.05) is 49.5 Å². The van der Waals surface area contributed by atoms with Crippen LogP contribution >= 0.6 is 0 Å². The van der Waals surface area contributed by atoms with Crippen molar-refractivity contribution in [3.8, 4) is 67.9 Å².